The van der Waals surface area contributed by atoms with Crippen molar-refractivity contribution in [2.45, 2.75) is 6.54 Å². The van der Waals surface area contributed by atoms with Gasteiger partial charge in [0, 0.05) is 28.3 Å². The molecule has 0 aromatic heterocycles. The van der Waals surface area contributed by atoms with Crippen molar-refractivity contribution in [2.24, 2.45) is 0 Å². The molecular formula is C14H12BrClN2O4. The highest BCUT2D eigenvalue weighted by Crippen LogP contribution is 2.34. The number of nitrogens with one attached hydrogen (secondary N) is 1. The maximum absolute atomic E-state index is 10.9. The summed E-state index contributed by atoms with van der Waals surface area (Å²) in [6, 6.07) is 7.79. The lowest BCUT2D eigenvalue weighted by Crippen LogP contribution is -2.01. The number of benzene rings is 2. The van der Waals surface area contributed by atoms with E-state index in [4.69, 9.17) is 16.3 Å². The number of hydrogen-bond donors (Lipinski definition) is 2. The molecule has 0 aliphatic heterocycles. The van der Waals surface area contributed by atoms with Crippen LogP contribution in [0.25, 0.3) is 0 Å². The summed E-state index contributed by atoms with van der Waals surface area (Å²) >= 11 is 9.09. The third-order valence-electron chi connectivity index (χ3n) is 2.96. The summed E-state index contributed by atoms with van der Waals surface area (Å²) in [5, 5.41) is 24.0. The number of phenolic OH excluding ortho intramolecular Hbond substituents is 1. The lowest BCUT2D eigenvalue weighted by molar-refractivity contribution is -0.384. The van der Waals surface area contributed by atoms with Crippen LogP contribution in [0.5, 0.6) is 11.5 Å². The van der Waals surface area contributed by atoms with E-state index in [0.29, 0.717) is 17.0 Å². The minimum Gasteiger partial charge on any atom is -0.504 e. The first-order chi connectivity index (χ1) is 10.4. The van der Waals surface area contributed by atoms with Gasteiger partial charge in [0.1, 0.15) is 5.02 Å². The number of aromatic hydroxyl groups is 1. The van der Waals surface area contributed by atoms with Gasteiger partial charge < -0.3 is 15.2 Å². The molecule has 0 heterocycles. The molecular weight excluding hydrogens is 376 g/mol. The van der Waals surface area contributed by atoms with Gasteiger partial charge in [-0.2, -0.15) is 0 Å². The Kier molecular flexibility index (Phi) is 5.10. The number of phenols is 1. The van der Waals surface area contributed by atoms with Gasteiger partial charge in [0.2, 0.25) is 0 Å². The molecule has 22 heavy (non-hydrogen) atoms. The molecule has 0 amide bonds. The molecule has 0 aliphatic rings. The number of hydrogen-bond acceptors (Lipinski definition) is 5. The molecule has 0 aliphatic carbocycles. The molecule has 0 saturated carbocycles. The van der Waals surface area contributed by atoms with E-state index < -0.39 is 4.92 Å². The maximum Gasteiger partial charge on any atom is 0.289 e. The molecule has 2 aromatic carbocycles. The number of nitro groups is 1. The molecule has 0 atom stereocenters. The van der Waals surface area contributed by atoms with E-state index in [2.05, 4.69) is 21.2 Å². The minimum atomic E-state index is -0.548. The standard InChI is InChI=1S/C14H12BrClN2O4/c1-22-13-5-9(15)4-8(14(13)19)7-17-10-2-3-11(16)12(6-10)18(20)21/h2-6,17,19H,7H2,1H3. The van der Waals surface area contributed by atoms with Crippen molar-refractivity contribution in [1.82, 2.24) is 0 Å². The number of rotatable bonds is 5. The van der Waals surface area contributed by atoms with Crippen LogP contribution in [0.4, 0.5) is 11.4 Å². The number of methoxy groups -OCH3 is 1. The summed E-state index contributed by atoms with van der Waals surface area (Å²) in [6.07, 6.45) is 0. The van der Waals surface area contributed by atoms with E-state index in [0.717, 1.165) is 4.47 Å². The van der Waals surface area contributed by atoms with E-state index in [1.165, 1.54) is 19.2 Å². The van der Waals surface area contributed by atoms with Gasteiger partial charge >= 0.3 is 0 Å². The summed E-state index contributed by atoms with van der Waals surface area (Å²) in [7, 11) is 1.46. The number of halogens is 2. The first-order valence-corrected chi connectivity index (χ1v) is 7.32. The van der Waals surface area contributed by atoms with Crippen LogP contribution in [0, 0.1) is 10.1 Å². The maximum atomic E-state index is 10.9. The van der Waals surface area contributed by atoms with E-state index in [1.54, 1.807) is 18.2 Å². The van der Waals surface area contributed by atoms with Gasteiger partial charge in [0.25, 0.3) is 5.69 Å². The van der Waals surface area contributed by atoms with Gasteiger partial charge in [-0.3, -0.25) is 10.1 Å². The molecule has 2 aromatic rings. The highest BCUT2D eigenvalue weighted by atomic mass is 79.9. The lowest BCUT2D eigenvalue weighted by Gasteiger charge is -2.12. The van der Waals surface area contributed by atoms with Gasteiger partial charge in [-0.05, 0) is 24.3 Å². The molecule has 2 N–H and O–H groups in total. The van der Waals surface area contributed by atoms with Crippen LogP contribution in [0.15, 0.2) is 34.8 Å². The summed E-state index contributed by atoms with van der Waals surface area (Å²) in [4.78, 5) is 10.3. The van der Waals surface area contributed by atoms with Gasteiger partial charge in [0.05, 0.1) is 12.0 Å². The van der Waals surface area contributed by atoms with Crippen molar-refractivity contribution in [3.63, 3.8) is 0 Å². The molecule has 2 rings (SSSR count). The van der Waals surface area contributed by atoms with E-state index >= 15 is 0 Å². The zero-order valence-electron chi connectivity index (χ0n) is 11.5. The second-order valence-corrected chi connectivity index (χ2v) is 5.72. The molecule has 8 heteroatoms. The highest BCUT2D eigenvalue weighted by Gasteiger charge is 2.14. The van der Waals surface area contributed by atoms with Crippen LogP contribution >= 0.6 is 27.5 Å². The predicted octanol–water partition coefficient (Wildman–Crippen LogP) is 4.34. The Morgan fingerprint density at radius 2 is 2.14 bits per heavy atom. The Balaban J connectivity index is 2.22. The van der Waals surface area contributed by atoms with Gasteiger partial charge in [-0.15, -0.1) is 0 Å². The fourth-order valence-electron chi connectivity index (χ4n) is 1.88. The lowest BCUT2D eigenvalue weighted by atomic mass is 10.1. The van der Waals surface area contributed by atoms with Crippen molar-refractivity contribution in [3.05, 3.63) is 55.5 Å². The van der Waals surface area contributed by atoms with Gasteiger partial charge in [0.15, 0.2) is 11.5 Å². The number of nitro benzene ring substituents is 1. The molecule has 0 radical (unpaired) electrons. The summed E-state index contributed by atoms with van der Waals surface area (Å²) < 4.78 is 5.82. The summed E-state index contributed by atoms with van der Waals surface area (Å²) in [5.41, 5.74) is 0.931. The molecule has 0 bridgehead atoms. The second kappa shape index (κ2) is 6.85. The van der Waals surface area contributed by atoms with Crippen LogP contribution < -0.4 is 10.1 Å². The Hall–Kier alpha value is -1.99. The van der Waals surface area contributed by atoms with E-state index in [-0.39, 0.29) is 23.0 Å². The van der Waals surface area contributed by atoms with Crippen LogP contribution in [0.1, 0.15) is 5.56 Å². The number of nitrogens with zero attached hydrogens (tertiary/aromatic N) is 1. The molecule has 0 fully saturated rings. The van der Waals surface area contributed by atoms with Crippen molar-refractivity contribution in [3.8, 4) is 11.5 Å². The van der Waals surface area contributed by atoms with Crippen LogP contribution in [0.2, 0.25) is 5.02 Å². The number of anilines is 1. The molecule has 0 spiro atoms. The van der Waals surface area contributed by atoms with Crippen LogP contribution in [-0.4, -0.2) is 17.1 Å². The smallest absolute Gasteiger partial charge is 0.289 e. The van der Waals surface area contributed by atoms with Gasteiger partial charge in [-0.25, -0.2) is 0 Å². The first kappa shape index (κ1) is 16.4. The fourth-order valence-corrected chi connectivity index (χ4v) is 2.55. The van der Waals surface area contributed by atoms with Crippen molar-refractivity contribution < 1.29 is 14.8 Å². The predicted molar refractivity (Wildman–Crippen MR) is 87.8 cm³/mol. The summed E-state index contributed by atoms with van der Waals surface area (Å²) in [5.74, 6) is 0.356. The average molecular weight is 388 g/mol. The molecule has 6 nitrogen and oxygen atoms in total. The fraction of sp³-hybridized carbons (Fsp3) is 0.143. The Morgan fingerprint density at radius 1 is 1.41 bits per heavy atom. The highest BCUT2D eigenvalue weighted by molar-refractivity contribution is 9.10. The average Bonchev–Trinajstić information content (AvgIpc) is 2.48. The third kappa shape index (κ3) is 3.61. The monoisotopic (exact) mass is 386 g/mol. The first-order valence-electron chi connectivity index (χ1n) is 6.15. The van der Waals surface area contributed by atoms with Crippen LogP contribution in [0.3, 0.4) is 0 Å². The Morgan fingerprint density at radius 3 is 2.77 bits per heavy atom. The minimum absolute atomic E-state index is 0.0154. The van der Waals surface area contributed by atoms with E-state index in [9.17, 15) is 15.2 Å². The topological polar surface area (TPSA) is 84.6 Å². The van der Waals surface area contributed by atoms with E-state index in [1.807, 2.05) is 0 Å². The summed E-state index contributed by atoms with van der Waals surface area (Å²) in [6.45, 7) is 0.264. The molecule has 116 valence electrons. The zero-order chi connectivity index (χ0) is 16.3. The second-order valence-electron chi connectivity index (χ2n) is 4.39. The van der Waals surface area contributed by atoms with Crippen molar-refractivity contribution in [2.75, 3.05) is 12.4 Å². The normalized spacial score (nSPS) is 10.3. The largest absolute Gasteiger partial charge is 0.504 e. The Labute approximate surface area is 139 Å². The van der Waals surface area contributed by atoms with Crippen molar-refractivity contribution in [1.29, 1.82) is 0 Å². The van der Waals surface area contributed by atoms with Gasteiger partial charge in [-0.1, -0.05) is 27.5 Å². The van der Waals surface area contributed by atoms with Crippen LogP contribution in [-0.2, 0) is 6.54 Å². The third-order valence-corrected chi connectivity index (χ3v) is 3.74. The number of ether oxygens (including phenoxy) is 1. The zero-order valence-corrected chi connectivity index (χ0v) is 13.8. The SMILES string of the molecule is COc1cc(Br)cc(CNc2ccc(Cl)c([N+](=O)[O-])c2)c1O. The quantitative estimate of drug-likeness (QED) is 0.589. The van der Waals surface area contributed by atoms with Crippen molar-refractivity contribution >= 4 is 38.9 Å². The Bertz CT molecular complexity index is 724. The molecule has 0 unspecified atom stereocenters. The molecule has 0 saturated heterocycles.